The summed E-state index contributed by atoms with van der Waals surface area (Å²) in [5.74, 6) is -3.50. The first-order valence-electron chi connectivity index (χ1n) is 16.8. The minimum Gasteiger partial charge on any atom is -0.481 e. The number of nitrogens with zero attached hydrogens (tertiary/aromatic N) is 4. The molecule has 3 heterocycles. The van der Waals surface area contributed by atoms with Crippen LogP contribution in [0, 0.1) is 36.3 Å². The molecule has 51 heavy (non-hydrogen) atoms. The van der Waals surface area contributed by atoms with Gasteiger partial charge in [0.1, 0.15) is 11.5 Å². The van der Waals surface area contributed by atoms with Crippen molar-refractivity contribution in [3.8, 4) is 33.8 Å². The van der Waals surface area contributed by atoms with Gasteiger partial charge >= 0.3 is 5.97 Å². The predicted octanol–water partition coefficient (Wildman–Crippen LogP) is 7.95. The number of carboxylic acid groups (broad SMARTS) is 1. The van der Waals surface area contributed by atoms with Crippen LogP contribution in [0.4, 0.5) is 14.6 Å². The van der Waals surface area contributed by atoms with Gasteiger partial charge < -0.3 is 10.4 Å². The van der Waals surface area contributed by atoms with Crippen LogP contribution in [-0.4, -0.2) is 44.5 Å². The van der Waals surface area contributed by atoms with E-state index in [9.17, 15) is 22.7 Å². The van der Waals surface area contributed by atoms with Gasteiger partial charge in [0.05, 0.1) is 17.0 Å². The van der Waals surface area contributed by atoms with E-state index in [1.807, 2.05) is 49.4 Å². The lowest BCUT2D eigenvalue weighted by atomic mass is 9.61. The van der Waals surface area contributed by atoms with Crippen LogP contribution in [0.2, 0.25) is 0 Å². The summed E-state index contributed by atoms with van der Waals surface area (Å²) in [4.78, 5) is 25.8. The smallest absolute Gasteiger partial charge is 0.308 e. The first-order chi connectivity index (χ1) is 24.6. The third-order valence-corrected chi connectivity index (χ3v) is 12.0. The number of carboxylic acids is 1. The number of halogens is 2. The van der Waals surface area contributed by atoms with E-state index in [0.29, 0.717) is 5.56 Å². The number of benzene rings is 3. The Labute approximate surface area is 293 Å². The molecule has 0 spiro atoms. The van der Waals surface area contributed by atoms with Gasteiger partial charge in [-0.15, -0.1) is 0 Å². The molecule has 3 fully saturated rings. The maximum atomic E-state index is 16.7. The van der Waals surface area contributed by atoms with Gasteiger partial charge in [0.2, 0.25) is 0 Å². The number of carbonyl (C=O) groups is 1. The summed E-state index contributed by atoms with van der Waals surface area (Å²) in [6.45, 7) is 1.84. The molecular formula is C39H33F2N5O4S. The highest BCUT2D eigenvalue weighted by Crippen LogP contribution is 2.47. The molecule has 0 radical (unpaired) electrons. The fourth-order valence-corrected chi connectivity index (χ4v) is 9.04. The van der Waals surface area contributed by atoms with Gasteiger partial charge in [-0.05, 0) is 73.8 Å². The summed E-state index contributed by atoms with van der Waals surface area (Å²) < 4.78 is 60.4. The fourth-order valence-electron chi connectivity index (χ4n) is 7.72. The molecule has 3 aromatic heterocycles. The molecule has 0 aliphatic heterocycles. The average molecular weight is 706 g/mol. The van der Waals surface area contributed by atoms with Crippen LogP contribution >= 0.6 is 0 Å². The number of fused-ring (bicyclic) bond motifs is 4. The van der Waals surface area contributed by atoms with Crippen molar-refractivity contribution in [2.24, 2.45) is 17.8 Å². The Morgan fingerprint density at radius 1 is 0.863 bits per heavy atom. The van der Waals surface area contributed by atoms with E-state index < -0.39 is 39.6 Å². The molecule has 3 aliphatic carbocycles. The van der Waals surface area contributed by atoms with Crippen molar-refractivity contribution in [3.63, 3.8) is 0 Å². The summed E-state index contributed by atoms with van der Waals surface area (Å²) >= 11 is 0. The van der Waals surface area contributed by atoms with Gasteiger partial charge in [-0.1, -0.05) is 72.3 Å². The van der Waals surface area contributed by atoms with E-state index in [-0.39, 0.29) is 50.7 Å². The van der Waals surface area contributed by atoms with Crippen molar-refractivity contribution in [2.45, 2.75) is 43.5 Å². The zero-order valence-corrected chi connectivity index (χ0v) is 28.3. The van der Waals surface area contributed by atoms with E-state index in [1.54, 1.807) is 24.3 Å². The third kappa shape index (κ3) is 5.82. The maximum absolute atomic E-state index is 16.7. The number of rotatable bonds is 8. The van der Waals surface area contributed by atoms with Crippen molar-refractivity contribution < 1.29 is 27.1 Å². The number of anilines is 1. The molecule has 2 N–H and O–H groups in total. The normalized spacial score (nSPS) is 20.1. The molecule has 9 rings (SSSR count). The predicted molar refractivity (Wildman–Crippen MR) is 189 cm³/mol. The lowest BCUT2D eigenvalue weighted by molar-refractivity contribution is -0.148. The van der Waals surface area contributed by atoms with Crippen LogP contribution < -0.4 is 5.32 Å². The van der Waals surface area contributed by atoms with Crippen LogP contribution in [0.15, 0.2) is 102 Å². The summed E-state index contributed by atoms with van der Waals surface area (Å²) in [7, 11) is -4.22. The van der Waals surface area contributed by atoms with E-state index in [4.69, 9.17) is 0 Å². The zero-order valence-electron chi connectivity index (χ0n) is 27.5. The van der Waals surface area contributed by atoms with Crippen molar-refractivity contribution in [2.75, 3.05) is 5.32 Å². The Hall–Kier alpha value is -5.49. The van der Waals surface area contributed by atoms with Gasteiger partial charge in [-0.2, -0.15) is 0 Å². The van der Waals surface area contributed by atoms with Crippen LogP contribution in [0.3, 0.4) is 0 Å². The van der Waals surface area contributed by atoms with E-state index in [2.05, 4.69) is 20.3 Å². The molecule has 0 amide bonds. The van der Waals surface area contributed by atoms with Gasteiger partial charge in [0.15, 0.2) is 23.1 Å². The van der Waals surface area contributed by atoms with Gasteiger partial charge in [-0.25, -0.2) is 36.1 Å². The average Bonchev–Trinajstić information content (AvgIpc) is 3.53. The van der Waals surface area contributed by atoms with Crippen LogP contribution in [0.25, 0.3) is 44.8 Å². The third-order valence-electron chi connectivity index (χ3n) is 10.3. The highest BCUT2D eigenvalue weighted by atomic mass is 32.2. The second-order valence-corrected chi connectivity index (χ2v) is 15.2. The van der Waals surface area contributed by atoms with Crippen LogP contribution in [-0.2, 0) is 14.8 Å². The highest BCUT2D eigenvalue weighted by molar-refractivity contribution is 7.90. The van der Waals surface area contributed by atoms with Crippen LogP contribution in [0.1, 0.15) is 31.2 Å². The molecule has 3 aromatic carbocycles. The molecule has 258 valence electrons. The topological polar surface area (TPSA) is 127 Å². The maximum Gasteiger partial charge on any atom is 0.308 e. The molecule has 2 bridgehead atoms. The van der Waals surface area contributed by atoms with Crippen molar-refractivity contribution in [1.29, 1.82) is 0 Å². The molecule has 9 nitrogen and oxygen atoms in total. The number of aryl methyl sites for hydroxylation is 1. The Balaban J connectivity index is 1.31. The summed E-state index contributed by atoms with van der Waals surface area (Å²) in [6.07, 6.45) is 5.42. The zero-order chi connectivity index (χ0) is 35.4. The van der Waals surface area contributed by atoms with Gasteiger partial charge in [0, 0.05) is 28.8 Å². The largest absolute Gasteiger partial charge is 0.481 e. The summed E-state index contributed by atoms with van der Waals surface area (Å²) in [6, 6.07) is 23.7. The SMILES string of the molecule is Cc1ccc(S(=O)(=O)n2cc(-c3nc(NC4C5CCC(CC5)C4C(=O)O)c(F)c(-c4ccc(-c5ccccc5)cc4)n3)c3cc(F)cnc32)cc1. The standard InChI is InChI=1S/C39H33F2N5O4S/c1-22-7-17-29(18-8-22)51(49,50)46-21-31(30-19-28(40)20-42-38(30)46)36-44-35(27-13-9-24(10-14-27)23-5-3-2-4-6-23)33(41)37(45-36)43-34-26-15-11-25(12-16-26)32(34)39(47)48/h2-10,13-14,17-21,25-26,32,34H,11-12,15-16H2,1H3,(H,47,48)(H,43,44,45). The number of aliphatic carboxylic acids is 1. The number of hydrogen-bond donors (Lipinski definition) is 2. The second-order valence-electron chi connectivity index (χ2n) is 13.4. The number of hydrogen-bond acceptors (Lipinski definition) is 7. The number of nitrogens with one attached hydrogen (secondary N) is 1. The lowest BCUT2D eigenvalue weighted by Crippen LogP contribution is -2.51. The van der Waals surface area contributed by atoms with E-state index in [0.717, 1.165) is 58.6 Å². The quantitative estimate of drug-likeness (QED) is 0.163. The van der Waals surface area contributed by atoms with Gasteiger partial charge in [0.25, 0.3) is 10.0 Å². The van der Waals surface area contributed by atoms with Crippen LogP contribution in [0.5, 0.6) is 0 Å². The fraction of sp³-hybridized carbons (Fsp3) is 0.231. The van der Waals surface area contributed by atoms with Crippen molar-refractivity contribution in [1.82, 2.24) is 18.9 Å². The molecular weight excluding hydrogens is 673 g/mol. The Bertz CT molecular complexity index is 2390. The molecule has 2 atom stereocenters. The highest BCUT2D eigenvalue weighted by Gasteiger charge is 2.47. The molecule has 6 aromatic rings. The lowest BCUT2D eigenvalue weighted by Gasteiger charge is -2.47. The monoisotopic (exact) mass is 705 g/mol. The second kappa shape index (κ2) is 12.7. The van der Waals surface area contributed by atoms with E-state index in [1.165, 1.54) is 18.3 Å². The first-order valence-corrected chi connectivity index (χ1v) is 18.2. The summed E-state index contributed by atoms with van der Waals surface area (Å²) in [5, 5.41) is 13.5. The van der Waals surface area contributed by atoms with Gasteiger partial charge in [-0.3, -0.25) is 4.79 Å². The Morgan fingerprint density at radius 3 is 2.20 bits per heavy atom. The number of aromatic nitrogens is 4. The molecule has 3 saturated carbocycles. The minimum absolute atomic E-state index is 0.00221. The Morgan fingerprint density at radius 2 is 1.51 bits per heavy atom. The number of pyridine rings is 1. The van der Waals surface area contributed by atoms with Crippen molar-refractivity contribution in [3.05, 3.63) is 115 Å². The minimum atomic E-state index is -4.22. The Kier molecular flexibility index (Phi) is 8.13. The first kappa shape index (κ1) is 32.7. The molecule has 3 aliphatic rings. The van der Waals surface area contributed by atoms with E-state index >= 15 is 4.39 Å². The van der Waals surface area contributed by atoms with Crippen molar-refractivity contribution >= 4 is 32.8 Å². The summed E-state index contributed by atoms with van der Waals surface area (Å²) in [5.41, 5.74) is 3.13. The molecule has 2 unspecified atom stereocenters. The molecule has 12 heteroatoms. The molecule has 0 saturated heterocycles.